The van der Waals surface area contributed by atoms with E-state index in [2.05, 4.69) is 48.3 Å². The highest BCUT2D eigenvalue weighted by Gasteiger charge is 2.42. The van der Waals surface area contributed by atoms with Gasteiger partial charge in [-0.3, -0.25) is 4.79 Å². The van der Waals surface area contributed by atoms with E-state index in [1.165, 1.54) is 5.56 Å². The Morgan fingerprint density at radius 3 is 2.57 bits per heavy atom. The maximum atomic E-state index is 13.0. The number of nitrogens with zero attached hydrogens (tertiary/aromatic N) is 4. The zero-order chi connectivity index (χ0) is 16.6. The third-order valence-corrected chi connectivity index (χ3v) is 4.70. The van der Waals surface area contributed by atoms with E-state index in [-0.39, 0.29) is 11.4 Å². The number of rotatable bonds is 3. The summed E-state index contributed by atoms with van der Waals surface area (Å²) in [5, 5.41) is 8.66. The minimum absolute atomic E-state index is 0.00867. The molecule has 2 aromatic rings. The Balaban J connectivity index is 1.87. The topological polar surface area (TPSA) is 51.0 Å². The van der Waals surface area contributed by atoms with Gasteiger partial charge in [-0.15, -0.1) is 5.10 Å². The predicted molar refractivity (Wildman–Crippen MR) is 89.3 cm³/mol. The Morgan fingerprint density at radius 1 is 1.26 bits per heavy atom. The second kappa shape index (κ2) is 5.80. The molecular weight excluding hydrogens is 288 g/mol. The molecule has 5 nitrogen and oxygen atoms in total. The van der Waals surface area contributed by atoms with Crippen molar-refractivity contribution in [3.05, 3.63) is 47.3 Å². The van der Waals surface area contributed by atoms with Gasteiger partial charge in [0.1, 0.15) is 0 Å². The molecule has 1 fully saturated rings. The summed E-state index contributed by atoms with van der Waals surface area (Å²) in [5.74, 6) is 0.363. The molecule has 0 saturated carbocycles. The van der Waals surface area contributed by atoms with Crippen LogP contribution >= 0.6 is 0 Å². The minimum atomic E-state index is -0.181. The fourth-order valence-corrected chi connectivity index (χ4v) is 3.45. The smallest absolute Gasteiger partial charge is 0.276 e. The summed E-state index contributed by atoms with van der Waals surface area (Å²) in [6, 6.07) is 10.4. The Kier molecular flexibility index (Phi) is 3.96. The van der Waals surface area contributed by atoms with Crippen molar-refractivity contribution in [1.29, 1.82) is 0 Å². The van der Waals surface area contributed by atoms with E-state index in [0.29, 0.717) is 23.9 Å². The van der Waals surface area contributed by atoms with E-state index in [1.807, 2.05) is 24.8 Å². The highest BCUT2D eigenvalue weighted by molar-refractivity contribution is 5.94. The van der Waals surface area contributed by atoms with Gasteiger partial charge in [-0.05, 0) is 39.7 Å². The SMILES string of the molecule is CCn1nc(C)c(C(=O)N2CC(c3ccccc3)CC2(C)C)n1. The van der Waals surface area contributed by atoms with E-state index in [4.69, 9.17) is 0 Å². The first kappa shape index (κ1) is 15.7. The third kappa shape index (κ3) is 2.87. The van der Waals surface area contributed by atoms with Gasteiger partial charge in [0, 0.05) is 18.0 Å². The number of benzene rings is 1. The average Bonchev–Trinajstić information content (AvgIpc) is 3.07. The summed E-state index contributed by atoms with van der Waals surface area (Å²) >= 11 is 0. The van der Waals surface area contributed by atoms with Gasteiger partial charge in [-0.2, -0.15) is 9.90 Å². The van der Waals surface area contributed by atoms with Crippen molar-refractivity contribution in [1.82, 2.24) is 19.9 Å². The first-order valence-corrected chi connectivity index (χ1v) is 8.21. The third-order valence-electron chi connectivity index (χ3n) is 4.70. The van der Waals surface area contributed by atoms with Gasteiger partial charge in [0.05, 0.1) is 12.2 Å². The van der Waals surface area contributed by atoms with Crippen LogP contribution in [0.4, 0.5) is 0 Å². The molecule has 0 N–H and O–H groups in total. The maximum absolute atomic E-state index is 13.0. The van der Waals surface area contributed by atoms with Gasteiger partial charge in [0.2, 0.25) is 0 Å². The molecule has 1 aliphatic rings. The molecule has 0 radical (unpaired) electrons. The molecule has 1 aliphatic heterocycles. The Morgan fingerprint density at radius 2 is 1.96 bits per heavy atom. The van der Waals surface area contributed by atoms with E-state index < -0.39 is 0 Å². The predicted octanol–water partition coefficient (Wildman–Crippen LogP) is 3.01. The molecule has 0 bridgehead atoms. The molecular formula is C18H24N4O. The Labute approximate surface area is 137 Å². The highest BCUT2D eigenvalue weighted by atomic mass is 16.2. The zero-order valence-corrected chi connectivity index (χ0v) is 14.3. The Bertz CT molecular complexity index is 705. The number of carbonyl (C=O) groups is 1. The second-order valence-electron chi connectivity index (χ2n) is 6.86. The molecule has 1 saturated heterocycles. The van der Waals surface area contributed by atoms with Gasteiger partial charge in [-0.25, -0.2) is 0 Å². The first-order chi connectivity index (χ1) is 10.9. The van der Waals surface area contributed by atoms with Crippen LogP contribution in [0.5, 0.6) is 0 Å². The molecule has 1 aromatic carbocycles. The number of aryl methyl sites for hydroxylation is 2. The van der Waals surface area contributed by atoms with Crippen LogP contribution < -0.4 is 0 Å². The van der Waals surface area contributed by atoms with Gasteiger partial charge in [0.15, 0.2) is 5.69 Å². The van der Waals surface area contributed by atoms with Crippen molar-refractivity contribution in [2.24, 2.45) is 0 Å². The molecule has 1 unspecified atom stereocenters. The molecule has 1 amide bonds. The van der Waals surface area contributed by atoms with Crippen LogP contribution in [0.2, 0.25) is 0 Å². The fourth-order valence-electron chi connectivity index (χ4n) is 3.45. The van der Waals surface area contributed by atoms with Crippen LogP contribution in [0.1, 0.15) is 54.9 Å². The molecule has 1 atom stereocenters. The Hall–Kier alpha value is -2.17. The zero-order valence-electron chi connectivity index (χ0n) is 14.3. The molecule has 2 heterocycles. The van der Waals surface area contributed by atoms with Gasteiger partial charge < -0.3 is 4.90 Å². The summed E-state index contributed by atoms with van der Waals surface area (Å²) in [7, 11) is 0. The standard InChI is InChI=1S/C18H24N4O/c1-5-22-19-13(2)16(20-22)17(23)21-12-15(11-18(21,3)4)14-9-7-6-8-10-14/h6-10,15H,5,11-12H2,1-4H3. The van der Waals surface area contributed by atoms with Crippen molar-refractivity contribution >= 4 is 5.91 Å². The van der Waals surface area contributed by atoms with Crippen molar-refractivity contribution in [3.63, 3.8) is 0 Å². The molecule has 122 valence electrons. The van der Waals surface area contributed by atoms with Crippen LogP contribution in [0.15, 0.2) is 30.3 Å². The van der Waals surface area contributed by atoms with Crippen LogP contribution in [-0.2, 0) is 6.54 Å². The van der Waals surface area contributed by atoms with Crippen LogP contribution in [0.25, 0.3) is 0 Å². The van der Waals surface area contributed by atoms with Crippen LogP contribution in [0.3, 0.4) is 0 Å². The summed E-state index contributed by atoms with van der Waals surface area (Å²) in [4.78, 5) is 16.5. The number of likely N-dealkylation sites (tertiary alicyclic amines) is 1. The monoisotopic (exact) mass is 312 g/mol. The van der Waals surface area contributed by atoms with Crippen molar-refractivity contribution in [2.75, 3.05) is 6.54 Å². The van der Waals surface area contributed by atoms with E-state index in [9.17, 15) is 4.79 Å². The summed E-state index contributed by atoms with van der Waals surface area (Å²) in [6.07, 6.45) is 0.962. The van der Waals surface area contributed by atoms with E-state index >= 15 is 0 Å². The van der Waals surface area contributed by atoms with E-state index in [0.717, 1.165) is 13.0 Å². The number of hydrogen-bond donors (Lipinski definition) is 0. The second-order valence-corrected chi connectivity index (χ2v) is 6.86. The molecule has 5 heteroatoms. The van der Waals surface area contributed by atoms with Crippen LogP contribution in [-0.4, -0.2) is 37.9 Å². The largest absolute Gasteiger partial charge is 0.331 e. The summed E-state index contributed by atoms with van der Waals surface area (Å²) in [5.41, 5.74) is 2.30. The number of amides is 1. The van der Waals surface area contributed by atoms with Gasteiger partial charge >= 0.3 is 0 Å². The molecule has 1 aromatic heterocycles. The van der Waals surface area contributed by atoms with Gasteiger partial charge in [-0.1, -0.05) is 30.3 Å². The number of aromatic nitrogens is 3. The van der Waals surface area contributed by atoms with Crippen molar-refractivity contribution in [2.45, 2.75) is 52.1 Å². The van der Waals surface area contributed by atoms with Crippen molar-refractivity contribution in [3.8, 4) is 0 Å². The highest BCUT2D eigenvalue weighted by Crippen LogP contribution is 2.39. The molecule has 0 spiro atoms. The normalized spacial score (nSPS) is 20.0. The number of hydrogen-bond acceptors (Lipinski definition) is 3. The lowest BCUT2D eigenvalue weighted by atomic mass is 9.91. The molecule has 3 rings (SSSR count). The fraction of sp³-hybridized carbons (Fsp3) is 0.500. The first-order valence-electron chi connectivity index (χ1n) is 8.21. The quantitative estimate of drug-likeness (QED) is 0.875. The lowest BCUT2D eigenvalue weighted by molar-refractivity contribution is 0.0643. The minimum Gasteiger partial charge on any atom is -0.331 e. The van der Waals surface area contributed by atoms with E-state index in [1.54, 1.807) is 4.80 Å². The van der Waals surface area contributed by atoms with Crippen molar-refractivity contribution < 1.29 is 4.79 Å². The number of carbonyl (C=O) groups excluding carboxylic acids is 1. The lowest BCUT2D eigenvalue weighted by Gasteiger charge is -2.30. The average molecular weight is 312 g/mol. The lowest BCUT2D eigenvalue weighted by Crippen LogP contribution is -2.43. The maximum Gasteiger partial charge on any atom is 0.276 e. The molecule has 23 heavy (non-hydrogen) atoms. The molecule has 0 aliphatic carbocycles. The summed E-state index contributed by atoms with van der Waals surface area (Å²) < 4.78 is 0. The summed E-state index contributed by atoms with van der Waals surface area (Å²) in [6.45, 7) is 9.49. The van der Waals surface area contributed by atoms with Gasteiger partial charge in [0.25, 0.3) is 5.91 Å². The van der Waals surface area contributed by atoms with Crippen LogP contribution in [0, 0.1) is 6.92 Å².